The van der Waals surface area contributed by atoms with Gasteiger partial charge in [-0.3, -0.25) is 4.79 Å². The number of H-pyrrole nitrogens is 1. The van der Waals surface area contributed by atoms with Gasteiger partial charge in [0.15, 0.2) is 5.16 Å². The molecule has 2 rings (SSSR count). The molecule has 6 heteroatoms. The average Bonchev–Trinajstić information content (AvgIpc) is 2.36. The molecule has 0 aliphatic carbocycles. The number of nitrogens with zero attached hydrogens (tertiary/aromatic N) is 1. The van der Waals surface area contributed by atoms with Crippen molar-refractivity contribution in [3.8, 4) is 0 Å². The van der Waals surface area contributed by atoms with Gasteiger partial charge in [0, 0.05) is 28.2 Å². The largest absolute Gasteiger partial charge is 0.313 e. The third-order valence-corrected chi connectivity index (χ3v) is 3.88. The molecule has 0 spiro atoms. The van der Waals surface area contributed by atoms with Gasteiger partial charge in [0.25, 0.3) is 5.56 Å². The van der Waals surface area contributed by atoms with Gasteiger partial charge in [0.05, 0.1) is 0 Å². The van der Waals surface area contributed by atoms with E-state index >= 15 is 0 Å². The Morgan fingerprint density at radius 3 is 2.85 bits per heavy atom. The minimum Gasteiger partial charge on any atom is -0.313 e. The first-order chi connectivity index (χ1) is 9.58. The molecular weight excluding hydrogens is 294 g/mol. The molecule has 1 heterocycles. The first-order valence-electron chi connectivity index (χ1n) is 6.33. The molecule has 0 radical (unpaired) electrons. The Morgan fingerprint density at radius 1 is 1.40 bits per heavy atom. The van der Waals surface area contributed by atoms with E-state index in [9.17, 15) is 4.79 Å². The van der Waals surface area contributed by atoms with Crippen LogP contribution in [-0.2, 0) is 6.54 Å². The standard InChI is InChI=1S/C14H16ClN3OS/c1-3-16-8-10-4-5-11(7-12(10)15)20-14-17-9(2)6-13(19)18-14/h4-7,16H,3,8H2,1-2H3,(H,17,18,19). The lowest BCUT2D eigenvalue weighted by molar-refractivity contribution is 0.726. The van der Waals surface area contributed by atoms with Crippen LogP contribution in [0, 0.1) is 6.92 Å². The molecule has 20 heavy (non-hydrogen) atoms. The molecule has 0 aliphatic rings. The van der Waals surface area contributed by atoms with Crippen LogP contribution in [0.15, 0.2) is 39.1 Å². The number of hydrogen-bond donors (Lipinski definition) is 2. The van der Waals surface area contributed by atoms with Crippen LogP contribution in [0.1, 0.15) is 18.2 Å². The maximum Gasteiger partial charge on any atom is 0.251 e. The highest BCUT2D eigenvalue weighted by Gasteiger charge is 2.05. The van der Waals surface area contributed by atoms with Gasteiger partial charge in [-0.2, -0.15) is 0 Å². The molecule has 0 fully saturated rings. The molecule has 1 aromatic heterocycles. The zero-order valence-electron chi connectivity index (χ0n) is 11.4. The van der Waals surface area contributed by atoms with Crippen molar-refractivity contribution in [2.75, 3.05) is 6.54 Å². The highest BCUT2D eigenvalue weighted by molar-refractivity contribution is 7.99. The van der Waals surface area contributed by atoms with Crippen molar-refractivity contribution in [1.29, 1.82) is 0 Å². The normalized spacial score (nSPS) is 10.8. The highest BCUT2D eigenvalue weighted by atomic mass is 35.5. The number of benzene rings is 1. The second-order valence-electron chi connectivity index (χ2n) is 4.33. The van der Waals surface area contributed by atoms with E-state index in [4.69, 9.17) is 11.6 Å². The van der Waals surface area contributed by atoms with E-state index in [1.165, 1.54) is 17.8 Å². The SMILES string of the molecule is CCNCc1ccc(Sc2nc(C)cc(=O)[nH]2)cc1Cl. The van der Waals surface area contributed by atoms with Crippen LogP contribution in [0.5, 0.6) is 0 Å². The van der Waals surface area contributed by atoms with E-state index in [-0.39, 0.29) is 5.56 Å². The van der Waals surface area contributed by atoms with Gasteiger partial charge in [-0.05, 0) is 31.2 Å². The summed E-state index contributed by atoms with van der Waals surface area (Å²) in [5.74, 6) is 0. The summed E-state index contributed by atoms with van der Waals surface area (Å²) in [6.45, 7) is 5.50. The van der Waals surface area contributed by atoms with E-state index in [0.717, 1.165) is 23.5 Å². The van der Waals surface area contributed by atoms with E-state index in [2.05, 4.69) is 22.2 Å². The molecule has 0 saturated heterocycles. The first kappa shape index (κ1) is 15.1. The molecule has 0 atom stereocenters. The van der Waals surface area contributed by atoms with Crippen LogP contribution in [0.25, 0.3) is 0 Å². The number of aryl methyl sites for hydroxylation is 1. The van der Waals surface area contributed by atoms with Crippen LogP contribution >= 0.6 is 23.4 Å². The van der Waals surface area contributed by atoms with Crippen LogP contribution in [0.3, 0.4) is 0 Å². The zero-order valence-corrected chi connectivity index (χ0v) is 12.9. The number of nitrogens with one attached hydrogen (secondary N) is 2. The highest BCUT2D eigenvalue weighted by Crippen LogP contribution is 2.28. The second kappa shape index (κ2) is 6.92. The summed E-state index contributed by atoms with van der Waals surface area (Å²) in [6.07, 6.45) is 0. The molecule has 4 nitrogen and oxygen atoms in total. The van der Waals surface area contributed by atoms with E-state index in [0.29, 0.717) is 15.9 Å². The summed E-state index contributed by atoms with van der Waals surface area (Å²) in [5.41, 5.74) is 1.62. The summed E-state index contributed by atoms with van der Waals surface area (Å²) >= 11 is 7.64. The van der Waals surface area contributed by atoms with Crippen LogP contribution in [0.2, 0.25) is 5.02 Å². The second-order valence-corrected chi connectivity index (χ2v) is 5.80. The van der Waals surface area contributed by atoms with Gasteiger partial charge in [-0.1, -0.05) is 36.4 Å². The van der Waals surface area contributed by atoms with Crippen molar-refractivity contribution in [3.05, 3.63) is 50.9 Å². The first-order valence-corrected chi connectivity index (χ1v) is 7.53. The monoisotopic (exact) mass is 309 g/mol. The third kappa shape index (κ3) is 4.10. The maximum absolute atomic E-state index is 11.4. The fraction of sp³-hybridized carbons (Fsp3) is 0.286. The van der Waals surface area contributed by atoms with Crippen molar-refractivity contribution in [3.63, 3.8) is 0 Å². The fourth-order valence-corrected chi connectivity index (χ4v) is 2.90. The van der Waals surface area contributed by atoms with Crippen molar-refractivity contribution >= 4 is 23.4 Å². The van der Waals surface area contributed by atoms with Crippen LogP contribution in [-0.4, -0.2) is 16.5 Å². The van der Waals surface area contributed by atoms with E-state index in [1.54, 1.807) is 6.92 Å². The Balaban J connectivity index is 2.17. The summed E-state index contributed by atoms with van der Waals surface area (Å²) in [7, 11) is 0. The number of aromatic nitrogens is 2. The number of hydrogen-bond acceptors (Lipinski definition) is 4. The summed E-state index contributed by atoms with van der Waals surface area (Å²) in [4.78, 5) is 19.3. The lowest BCUT2D eigenvalue weighted by atomic mass is 10.2. The summed E-state index contributed by atoms with van der Waals surface area (Å²) < 4.78 is 0. The van der Waals surface area contributed by atoms with Crippen molar-refractivity contribution < 1.29 is 0 Å². The lowest BCUT2D eigenvalue weighted by Gasteiger charge is -2.07. The Bertz CT molecular complexity index is 657. The topological polar surface area (TPSA) is 57.8 Å². The van der Waals surface area contributed by atoms with Gasteiger partial charge in [0.1, 0.15) is 0 Å². The van der Waals surface area contributed by atoms with Gasteiger partial charge in [-0.25, -0.2) is 4.98 Å². The molecule has 106 valence electrons. The van der Waals surface area contributed by atoms with E-state index in [1.807, 2.05) is 18.2 Å². The summed E-state index contributed by atoms with van der Waals surface area (Å²) in [5, 5.41) is 4.53. The lowest BCUT2D eigenvalue weighted by Crippen LogP contribution is -2.12. The minimum atomic E-state index is -0.144. The van der Waals surface area contributed by atoms with Crippen LogP contribution < -0.4 is 10.9 Å². The molecule has 0 saturated carbocycles. The smallest absolute Gasteiger partial charge is 0.251 e. The molecule has 2 N–H and O–H groups in total. The van der Waals surface area contributed by atoms with Crippen LogP contribution in [0.4, 0.5) is 0 Å². The molecule has 0 aliphatic heterocycles. The Labute approximate surface area is 127 Å². The molecule has 0 bridgehead atoms. The van der Waals surface area contributed by atoms with E-state index < -0.39 is 0 Å². The minimum absolute atomic E-state index is 0.144. The number of aromatic amines is 1. The predicted molar refractivity (Wildman–Crippen MR) is 82.6 cm³/mol. The zero-order chi connectivity index (χ0) is 14.5. The van der Waals surface area contributed by atoms with Gasteiger partial charge < -0.3 is 10.3 Å². The Morgan fingerprint density at radius 2 is 2.20 bits per heavy atom. The van der Waals surface area contributed by atoms with Crippen molar-refractivity contribution in [1.82, 2.24) is 15.3 Å². The third-order valence-electron chi connectivity index (χ3n) is 2.65. The number of halogens is 1. The fourth-order valence-electron chi connectivity index (χ4n) is 1.71. The average molecular weight is 310 g/mol. The molecular formula is C14H16ClN3OS. The summed E-state index contributed by atoms with van der Waals surface area (Å²) in [6, 6.07) is 7.32. The number of rotatable bonds is 5. The predicted octanol–water partition coefficient (Wildman–Crippen LogP) is 2.99. The molecule has 1 aromatic carbocycles. The van der Waals surface area contributed by atoms with Gasteiger partial charge >= 0.3 is 0 Å². The van der Waals surface area contributed by atoms with Gasteiger partial charge in [-0.15, -0.1) is 0 Å². The molecule has 0 amide bonds. The molecule has 2 aromatic rings. The molecule has 0 unspecified atom stereocenters. The Kier molecular flexibility index (Phi) is 5.23. The quantitative estimate of drug-likeness (QED) is 0.834. The van der Waals surface area contributed by atoms with Crippen molar-refractivity contribution in [2.45, 2.75) is 30.4 Å². The van der Waals surface area contributed by atoms with Crippen molar-refractivity contribution in [2.24, 2.45) is 0 Å². The van der Waals surface area contributed by atoms with Gasteiger partial charge in [0.2, 0.25) is 0 Å². The maximum atomic E-state index is 11.4. The Hall–Kier alpha value is -1.30.